The van der Waals surface area contributed by atoms with Gasteiger partial charge in [0.05, 0.1) is 12.2 Å². The van der Waals surface area contributed by atoms with Gasteiger partial charge in [-0.2, -0.15) is 0 Å². The lowest BCUT2D eigenvalue weighted by atomic mass is 10.2. The highest BCUT2D eigenvalue weighted by Crippen LogP contribution is 2.29. The molecule has 4 heteroatoms. The summed E-state index contributed by atoms with van der Waals surface area (Å²) in [6.07, 6.45) is 1.75. The van der Waals surface area contributed by atoms with Crippen LogP contribution in [0.3, 0.4) is 0 Å². The van der Waals surface area contributed by atoms with Crippen LogP contribution in [0.5, 0.6) is 5.75 Å². The van der Waals surface area contributed by atoms with Crippen LogP contribution in [0.1, 0.15) is 26.8 Å². The normalized spacial score (nSPS) is 10.8. The van der Waals surface area contributed by atoms with Crippen molar-refractivity contribution in [3.05, 3.63) is 30.6 Å². The quantitative estimate of drug-likeness (QED) is 0.812. The molecule has 0 bridgehead atoms. The molecule has 1 aromatic carbocycles. The maximum atomic E-state index is 5.61. The van der Waals surface area contributed by atoms with E-state index in [1.54, 1.807) is 6.33 Å². The minimum absolute atomic E-state index is 0.328. The van der Waals surface area contributed by atoms with Crippen LogP contribution >= 0.6 is 0 Å². The summed E-state index contributed by atoms with van der Waals surface area (Å²) in [5, 5.41) is 8.16. The van der Waals surface area contributed by atoms with E-state index in [0.717, 1.165) is 17.1 Å². The summed E-state index contributed by atoms with van der Waals surface area (Å²) in [5.41, 5.74) is 0.987. The second kappa shape index (κ2) is 4.99. The van der Waals surface area contributed by atoms with Crippen molar-refractivity contribution < 1.29 is 4.74 Å². The van der Waals surface area contributed by atoms with Crippen LogP contribution in [0.25, 0.3) is 11.4 Å². The Balaban J connectivity index is 2.48. The van der Waals surface area contributed by atoms with Crippen LogP contribution in [0.4, 0.5) is 0 Å². The average Bonchev–Trinajstić information content (AvgIpc) is 2.79. The molecule has 90 valence electrons. The fraction of sp³-hybridized carbons (Fsp3) is 0.385. The van der Waals surface area contributed by atoms with Gasteiger partial charge in [-0.1, -0.05) is 12.1 Å². The third kappa shape index (κ3) is 2.30. The lowest BCUT2D eigenvalue weighted by Gasteiger charge is -2.13. The number of nitrogens with zero attached hydrogens (tertiary/aromatic N) is 3. The van der Waals surface area contributed by atoms with Crippen molar-refractivity contribution in [3.63, 3.8) is 0 Å². The van der Waals surface area contributed by atoms with E-state index in [-0.39, 0.29) is 0 Å². The van der Waals surface area contributed by atoms with E-state index in [9.17, 15) is 0 Å². The van der Waals surface area contributed by atoms with E-state index in [1.165, 1.54) is 0 Å². The number of aromatic nitrogens is 3. The van der Waals surface area contributed by atoms with Gasteiger partial charge >= 0.3 is 0 Å². The zero-order valence-corrected chi connectivity index (χ0v) is 10.4. The molecule has 0 aliphatic rings. The molecule has 1 heterocycles. The lowest BCUT2D eigenvalue weighted by molar-refractivity contribution is 0.341. The zero-order valence-electron chi connectivity index (χ0n) is 10.4. The molecule has 2 rings (SSSR count). The molecule has 0 radical (unpaired) electrons. The van der Waals surface area contributed by atoms with Crippen LogP contribution in [0.15, 0.2) is 30.6 Å². The van der Waals surface area contributed by atoms with Gasteiger partial charge in [-0.15, -0.1) is 10.2 Å². The number of ether oxygens (including phenoxy) is 1. The number of rotatable bonds is 4. The summed E-state index contributed by atoms with van der Waals surface area (Å²) in [6.45, 7) is 6.84. The van der Waals surface area contributed by atoms with E-state index in [0.29, 0.717) is 12.6 Å². The van der Waals surface area contributed by atoms with E-state index < -0.39 is 0 Å². The van der Waals surface area contributed by atoms with Crippen molar-refractivity contribution in [2.24, 2.45) is 0 Å². The largest absolute Gasteiger partial charge is 0.493 e. The molecule has 17 heavy (non-hydrogen) atoms. The second-order valence-electron chi connectivity index (χ2n) is 4.08. The van der Waals surface area contributed by atoms with E-state index in [1.807, 2.05) is 35.8 Å². The van der Waals surface area contributed by atoms with Gasteiger partial charge in [-0.3, -0.25) is 0 Å². The Morgan fingerprint density at radius 3 is 2.76 bits per heavy atom. The van der Waals surface area contributed by atoms with E-state index in [4.69, 9.17) is 4.74 Å². The van der Waals surface area contributed by atoms with Gasteiger partial charge in [0.25, 0.3) is 0 Å². The molecule has 1 aromatic heterocycles. The molecule has 4 nitrogen and oxygen atoms in total. The summed E-state index contributed by atoms with van der Waals surface area (Å²) >= 11 is 0. The molecule has 0 saturated heterocycles. The molecule has 2 aromatic rings. The maximum Gasteiger partial charge on any atom is 0.167 e. The monoisotopic (exact) mass is 231 g/mol. The van der Waals surface area contributed by atoms with Gasteiger partial charge in [0.15, 0.2) is 5.82 Å². The van der Waals surface area contributed by atoms with Crippen molar-refractivity contribution in [1.29, 1.82) is 0 Å². The number of hydrogen-bond donors (Lipinski definition) is 0. The molecular weight excluding hydrogens is 214 g/mol. The average molecular weight is 231 g/mol. The van der Waals surface area contributed by atoms with Crippen LogP contribution in [-0.2, 0) is 0 Å². The van der Waals surface area contributed by atoms with Gasteiger partial charge in [-0.05, 0) is 32.9 Å². The van der Waals surface area contributed by atoms with Gasteiger partial charge in [-0.25, -0.2) is 0 Å². The van der Waals surface area contributed by atoms with Crippen molar-refractivity contribution in [3.8, 4) is 17.1 Å². The van der Waals surface area contributed by atoms with Crippen LogP contribution in [0.2, 0.25) is 0 Å². The lowest BCUT2D eigenvalue weighted by Crippen LogP contribution is -2.03. The van der Waals surface area contributed by atoms with Crippen molar-refractivity contribution in [2.45, 2.75) is 26.8 Å². The predicted molar refractivity (Wildman–Crippen MR) is 67.0 cm³/mol. The van der Waals surface area contributed by atoms with Gasteiger partial charge < -0.3 is 9.30 Å². The molecule has 0 aliphatic carbocycles. The van der Waals surface area contributed by atoms with Gasteiger partial charge in [0.1, 0.15) is 12.1 Å². The minimum atomic E-state index is 0.328. The molecule has 0 saturated carbocycles. The number of benzene rings is 1. The first kappa shape index (κ1) is 11.6. The highest BCUT2D eigenvalue weighted by atomic mass is 16.5. The maximum absolute atomic E-state index is 5.61. The molecular formula is C13H17N3O. The summed E-state index contributed by atoms with van der Waals surface area (Å²) in [4.78, 5) is 0. The Bertz CT molecular complexity index is 491. The van der Waals surface area contributed by atoms with Gasteiger partial charge in [0, 0.05) is 6.04 Å². The fourth-order valence-corrected chi connectivity index (χ4v) is 1.75. The summed E-state index contributed by atoms with van der Waals surface area (Å²) in [6, 6.07) is 8.24. The summed E-state index contributed by atoms with van der Waals surface area (Å²) < 4.78 is 7.65. The fourth-order valence-electron chi connectivity index (χ4n) is 1.75. The second-order valence-corrected chi connectivity index (χ2v) is 4.08. The third-order valence-electron chi connectivity index (χ3n) is 2.56. The summed E-state index contributed by atoms with van der Waals surface area (Å²) in [7, 11) is 0. The molecule has 0 N–H and O–H groups in total. The van der Waals surface area contributed by atoms with Crippen molar-refractivity contribution in [2.75, 3.05) is 6.61 Å². The summed E-state index contributed by atoms with van der Waals surface area (Å²) in [5.74, 6) is 1.70. The van der Waals surface area contributed by atoms with Gasteiger partial charge in [0.2, 0.25) is 0 Å². The Kier molecular flexibility index (Phi) is 3.42. The Morgan fingerprint density at radius 1 is 1.29 bits per heavy atom. The predicted octanol–water partition coefficient (Wildman–Crippen LogP) is 2.92. The molecule has 0 amide bonds. The topological polar surface area (TPSA) is 39.9 Å². The first-order valence-electron chi connectivity index (χ1n) is 5.85. The zero-order chi connectivity index (χ0) is 12.3. The van der Waals surface area contributed by atoms with E-state index >= 15 is 0 Å². The van der Waals surface area contributed by atoms with E-state index in [2.05, 4.69) is 24.0 Å². The third-order valence-corrected chi connectivity index (χ3v) is 2.56. The van der Waals surface area contributed by atoms with Crippen molar-refractivity contribution in [1.82, 2.24) is 14.8 Å². The number of hydrogen-bond acceptors (Lipinski definition) is 3. The van der Waals surface area contributed by atoms with Crippen LogP contribution in [0, 0.1) is 0 Å². The molecule has 0 atom stereocenters. The first-order chi connectivity index (χ1) is 8.24. The minimum Gasteiger partial charge on any atom is -0.493 e. The van der Waals surface area contributed by atoms with Crippen LogP contribution in [-0.4, -0.2) is 21.4 Å². The highest BCUT2D eigenvalue weighted by molar-refractivity contribution is 5.64. The Hall–Kier alpha value is -1.84. The van der Waals surface area contributed by atoms with Crippen LogP contribution < -0.4 is 4.74 Å². The molecule has 0 aliphatic heterocycles. The SMILES string of the molecule is CCOc1ccccc1-c1nncn1C(C)C. The number of para-hydroxylation sites is 1. The molecule has 0 fully saturated rings. The van der Waals surface area contributed by atoms with Crippen molar-refractivity contribution >= 4 is 0 Å². The Morgan fingerprint density at radius 2 is 2.06 bits per heavy atom. The first-order valence-corrected chi connectivity index (χ1v) is 5.85. The standard InChI is InChI=1S/C13H17N3O/c1-4-17-12-8-6-5-7-11(12)13-15-14-9-16(13)10(2)3/h5-10H,4H2,1-3H3. The Labute approximate surface area is 101 Å². The highest BCUT2D eigenvalue weighted by Gasteiger charge is 2.13. The molecule has 0 unspecified atom stereocenters. The molecule has 0 spiro atoms. The smallest absolute Gasteiger partial charge is 0.167 e.